The molecule has 0 spiro atoms. The number of Topliss-reactive ketones (excluding diaryl/α,β-unsaturated/α-hetero) is 1. The normalized spacial score (nSPS) is 14.6. The van der Waals surface area contributed by atoms with Crippen LogP contribution in [0.2, 0.25) is 0 Å². The number of methoxy groups -OCH3 is 2. The molecule has 0 aliphatic carbocycles. The highest BCUT2D eigenvalue weighted by atomic mass is 16.5. The average Bonchev–Trinajstić information content (AvgIpc) is 2.79. The Morgan fingerprint density at radius 2 is 1.91 bits per heavy atom. The highest BCUT2D eigenvalue weighted by molar-refractivity contribution is 6.01. The van der Waals surface area contributed by atoms with Crippen LogP contribution >= 0.6 is 0 Å². The van der Waals surface area contributed by atoms with E-state index in [4.69, 9.17) is 14.5 Å². The van der Waals surface area contributed by atoms with Gasteiger partial charge in [0.1, 0.15) is 17.8 Å². The maximum absolute atomic E-state index is 13.3. The summed E-state index contributed by atoms with van der Waals surface area (Å²) in [5.41, 5.74) is 0.989. The van der Waals surface area contributed by atoms with Gasteiger partial charge in [-0.1, -0.05) is 13.8 Å². The predicted octanol–water partition coefficient (Wildman–Crippen LogP) is 2.45. The second kappa shape index (κ2) is 8.41. The maximum atomic E-state index is 13.3. The Kier molecular flexibility index (Phi) is 5.65. The van der Waals surface area contributed by atoms with Crippen molar-refractivity contribution in [2.75, 3.05) is 32.2 Å². The lowest BCUT2D eigenvalue weighted by Crippen LogP contribution is -2.49. The van der Waals surface area contributed by atoms with E-state index in [2.05, 4.69) is 23.8 Å². The fourth-order valence-corrected chi connectivity index (χ4v) is 3.94. The van der Waals surface area contributed by atoms with Crippen molar-refractivity contribution < 1.29 is 14.3 Å². The van der Waals surface area contributed by atoms with Gasteiger partial charge in [-0.3, -0.25) is 14.2 Å². The molecule has 4 rings (SSSR count). The number of carbonyl (C=O) groups is 1. The van der Waals surface area contributed by atoms with Crippen LogP contribution in [0.3, 0.4) is 0 Å². The second-order valence-electron chi connectivity index (χ2n) is 8.47. The topological polar surface area (TPSA) is 99.4 Å². The molecule has 3 heterocycles. The minimum atomic E-state index is -0.228. The first-order chi connectivity index (χ1) is 15.3. The minimum absolute atomic E-state index is 0.0343. The zero-order valence-corrected chi connectivity index (χ0v) is 18.5. The van der Waals surface area contributed by atoms with Crippen LogP contribution in [0.5, 0.6) is 11.5 Å². The largest absolute Gasteiger partial charge is 0.497 e. The lowest BCUT2D eigenvalue weighted by molar-refractivity contribution is 0.0990. The molecule has 0 amide bonds. The molecule has 9 heteroatoms. The van der Waals surface area contributed by atoms with Gasteiger partial charge in [-0.05, 0) is 24.3 Å². The number of ketones is 1. The standard InChI is InChI=1S/C23H25N5O4/c1-23(2)12-27(11-19(29)16-9-15(31-3)5-6-20(16)32-4)22-26-18(10-21(30)28(22)13-23)17-7-8-24-14-25-17/h5-10,14H,11-13H2,1-4H3. The molecular weight excluding hydrogens is 410 g/mol. The zero-order valence-electron chi connectivity index (χ0n) is 18.5. The van der Waals surface area contributed by atoms with E-state index in [1.807, 2.05) is 4.90 Å². The molecule has 0 bridgehead atoms. The molecule has 32 heavy (non-hydrogen) atoms. The quantitative estimate of drug-likeness (QED) is 0.545. The minimum Gasteiger partial charge on any atom is -0.497 e. The Balaban J connectivity index is 1.75. The summed E-state index contributed by atoms with van der Waals surface area (Å²) < 4.78 is 12.3. The van der Waals surface area contributed by atoms with Crippen molar-refractivity contribution in [1.82, 2.24) is 19.5 Å². The highest BCUT2D eigenvalue weighted by Gasteiger charge is 2.34. The van der Waals surface area contributed by atoms with E-state index in [1.165, 1.54) is 19.5 Å². The number of anilines is 1. The lowest BCUT2D eigenvalue weighted by atomic mass is 9.90. The van der Waals surface area contributed by atoms with Crippen LogP contribution in [0.25, 0.3) is 11.4 Å². The van der Waals surface area contributed by atoms with Crippen LogP contribution in [0.15, 0.2) is 47.7 Å². The number of aromatic nitrogens is 4. The fourth-order valence-electron chi connectivity index (χ4n) is 3.94. The number of fused-ring (bicyclic) bond motifs is 1. The van der Waals surface area contributed by atoms with Gasteiger partial charge in [0.25, 0.3) is 5.56 Å². The van der Waals surface area contributed by atoms with E-state index < -0.39 is 0 Å². The molecule has 0 radical (unpaired) electrons. The summed E-state index contributed by atoms with van der Waals surface area (Å²) in [5, 5.41) is 0. The number of benzene rings is 1. The first kappa shape index (κ1) is 21.5. The van der Waals surface area contributed by atoms with Crippen molar-refractivity contribution in [3.05, 3.63) is 58.8 Å². The van der Waals surface area contributed by atoms with Crippen molar-refractivity contribution in [3.63, 3.8) is 0 Å². The molecular formula is C23H25N5O4. The first-order valence-electron chi connectivity index (χ1n) is 10.2. The van der Waals surface area contributed by atoms with E-state index in [-0.39, 0.29) is 23.3 Å². The molecule has 1 aliphatic heterocycles. The van der Waals surface area contributed by atoms with Gasteiger partial charge in [-0.2, -0.15) is 0 Å². The van der Waals surface area contributed by atoms with Gasteiger partial charge in [0.15, 0.2) is 5.78 Å². The summed E-state index contributed by atoms with van der Waals surface area (Å²) >= 11 is 0. The van der Waals surface area contributed by atoms with Gasteiger partial charge < -0.3 is 14.4 Å². The highest BCUT2D eigenvalue weighted by Crippen LogP contribution is 2.31. The smallest absolute Gasteiger partial charge is 0.255 e. The molecule has 1 aliphatic rings. The van der Waals surface area contributed by atoms with Gasteiger partial charge in [0.05, 0.1) is 37.7 Å². The Bertz CT molecular complexity index is 1210. The van der Waals surface area contributed by atoms with Crippen LogP contribution < -0.4 is 19.9 Å². The molecule has 0 atom stereocenters. The van der Waals surface area contributed by atoms with Crippen molar-refractivity contribution in [2.45, 2.75) is 20.4 Å². The van der Waals surface area contributed by atoms with E-state index >= 15 is 0 Å². The number of hydrogen-bond acceptors (Lipinski definition) is 8. The van der Waals surface area contributed by atoms with Crippen molar-refractivity contribution in [2.24, 2.45) is 5.41 Å². The van der Waals surface area contributed by atoms with Crippen LogP contribution in [0, 0.1) is 5.41 Å². The summed E-state index contributed by atoms with van der Waals surface area (Å²) in [5.74, 6) is 1.31. The Morgan fingerprint density at radius 1 is 1.09 bits per heavy atom. The van der Waals surface area contributed by atoms with Crippen molar-refractivity contribution >= 4 is 11.7 Å². The molecule has 166 valence electrons. The molecule has 0 fully saturated rings. The number of hydrogen-bond donors (Lipinski definition) is 0. The van der Waals surface area contributed by atoms with Crippen molar-refractivity contribution in [3.8, 4) is 22.9 Å². The van der Waals surface area contributed by atoms with Crippen LogP contribution in [-0.2, 0) is 6.54 Å². The predicted molar refractivity (Wildman–Crippen MR) is 119 cm³/mol. The van der Waals surface area contributed by atoms with Gasteiger partial charge in [-0.15, -0.1) is 0 Å². The molecule has 3 aromatic rings. The molecule has 0 saturated carbocycles. The van der Waals surface area contributed by atoms with E-state index in [1.54, 1.807) is 42.1 Å². The third kappa shape index (κ3) is 4.18. The number of carbonyl (C=O) groups excluding carboxylic acids is 1. The van der Waals surface area contributed by atoms with Gasteiger partial charge in [-0.25, -0.2) is 15.0 Å². The van der Waals surface area contributed by atoms with E-state index in [0.717, 1.165) is 0 Å². The SMILES string of the molecule is COc1ccc(OC)c(C(=O)CN2CC(C)(C)Cn3c2nc(-c2ccncn2)cc3=O)c1. The van der Waals surface area contributed by atoms with Gasteiger partial charge >= 0.3 is 0 Å². The summed E-state index contributed by atoms with van der Waals surface area (Å²) in [4.78, 5) is 40.9. The summed E-state index contributed by atoms with van der Waals surface area (Å²) in [7, 11) is 3.07. The monoisotopic (exact) mass is 435 g/mol. The Labute approximate surface area is 185 Å². The number of rotatable bonds is 6. The van der Waals surface area contributed by atoms with Crippen LogP contribution in [-0.4, -0.2) is 52.6 Å². The zero-order chi connectivity index (χ0) is 22.9. The third-order valence-electron chi connectivity index (χ3n) is 5.36. The summed E-state index contributed by atoms with van der Waals surface area (Å²) in [6.07, 6.45) is 3.01. The maximum Gasteiger partial charge on any atom is 0.255 e. The van der Waals surface area contributed by atoms with Crippen molar-refractivity contribution in [1.29, 1.82) is 0 Å². The van der Waals surface area contributed by atoms with Gasteiger partial charge in [0.2, 0.25) is 5.95 Å². The second-order valence-corrected chi connectivity index (χ2v) is 8.47. The summed E-state index contributed by atoms with van der Waals surface area (Å²) in [6, 6.07) is 8.27. The Morgan fingerprint density at radius 3 is 2.59 bits per heavy atom. The Hall–Kier alpha value is -3.75. The van der Waals surface area contributed by atoms with Gasteiger partial charge in [0, 0.05) is 30.8 Å². The van der Waals surface area contributed by atoms with Crippen LogP contribution in [0.1, 0.15) is 24.2 Å². The van der Waals surface area contributed by atoms with E-state index in [9.17, 15) is 9.59 Å². The molecule has 0 unspecified atom stereocenters. The summed E-state index contributed by atoms with van der Waals surface area (Å²) in [6.45, 7) is 5.22. The van der Waals surface area contributed by atoms with E-state index in [0.29, 0.717) is 47.5 Å². The fraction of sp³-hybridized carbons (Fsp3) is 0.348. The average molecular weight is 435 g/mol. The molecule has 0 saturated heterocycles. The third-order valence-corrected chi connectivity index (χ3v) is 5.36. The molecule has 0 N–H and O–H groups in total. The molecule has 2 aromatic heterocycles. The molecule has 1 aromatic carbocycles. The van der Waals surface area contributed by atoms with Crippen LogP contribution in [0.4, 0.5) is 5.95 Å². The first-order valence-corrected chi connectivity index (χ1v) is 10.2. The number of ether oxygens (including phenoxy) is 2. The lowest BCUT2D eigenvalue weighted by Gasteiger charge is -2.40. The molecule has 9 nitrogen and oxygen atoms in total. The number of nitrogens with zero attached hydrogens (tertiary/aromatic N) is 5.